The van der Waals surface area contributed by atoms with Gasteiger partial charge in [0.15, 0.2) is 0 Å². The number of nitrogens with zero attached hydrogens (tertiary/aromatic N) is 1. The van der Waals surface area contributed by atoms with Crippen LogP contribution in [0.15, 0.2) is 42.5 Å². The first-order chi connectivity index (χ1) is 13.2. The molecule has 2 aliphatic rings. The quantitative estimate of drug-likeness (QED) is 0.620. The SMILES string of the molecule is O=C1Nc2ccc(Cl)cc2C(CC2CC2)(c2ccc(F)cc2)N1CC(F)(F)F. The van der Waals surface area contributed by atoms with Crippen molar-refractivity contribution in [2.45, 2.75) is 31.0 Å². The summed E-state index contributed by atoms with van der Waals surface area (Å²) in [6, 6.07) is 9.22. The van der Waals surface area contributed by atoms with Crippen LogP contribution < -0.4 is 5.32 Å². The third kappa shape index (κ3) is 3.43. The largest absolute Gasteiger partial charge is 0.406 e. The molecular formula is C20H17ClF4N2O. The number of amides is 2. The first-order valence-corrected chi connectivity index (χ1v) is 9.28. The predicted molar refractivity (Wildman–Crippen MR) is 97.8 cm³/mol. The average Bonchev–Trinajstić information content (AvgIpc) is 3.42. The normalized spacial score (nSPS) is 22.0. The Hall–Kier alpha value is -2.28. The second kappa shape index (κ2) is 6.65. The van der Waals surface area contributed by atoms with E-state index in [1.807, 2.05) is 0 Å². The molecule has 148 valence electrons. The fourth-order valence-corrected chi connectivity index (χ4v) is 4.14. The highest BCUT2D eigenvalue weighted by Gasteiger charge is 2.53. The van der Waals surface area contributed by atoms with E-state index in [2.05, 4.69) is 5.32 Å². The van der Waals surface area contributed by atoms with Gasteiger partial charge in [-0.15, -0.1) is 0 Å². The summed E-state index contributed by atoms with van der Waals surface area (Å²) in [5, 5.41) is 2.89. The molecule has 0 spiro atoms. The lowest BCUT2D eigenvalue weighted by molar-refractivity contribution is -0.149. The van der Waals surface area contributed by atoms with Crippen LogP contribution in [0.4, 0.5) is 28.0 Å². The van der Waals surface area contributed by atoms with Crippen LogP contribution >= 0.6 is 11.6 Å². The maximum Gasteiger partial charge on any atom is 0.406 e. The summed E-state index contributed by atoms with van der Waals surface area (Å²) in [4.78, 5) is 13.6. The van der Waals surface area contributed by atoms with Gasteiger partial charge in [0, 0.05) is 16.3 Å². The molecule has 1 N–H and O–H groups in total. The smallest absolute Gasteiger partial charge is 0.307 e. The fraction of sp³-hybridized carbons (Fsp3) is 0.350. The highest BCUT2D eigenvalue weighted by atomic mass is 35.5. The Morgan fingerprint density at radius 2 is 1.82 bits per heavy atom. The summed E-state index contributed by atoms with van der Waals surface area (Å²) in [6.45, 7) is -1.42. The van der Waals surface area contributed by atoms with Crippen LogP contribution in [0.2, 0.25) is 5.02 Å². The monoisotopic (exact) mass is 412 g/mol. The molecule has 1 saturated carbocycles. The highest BCUT2D eigenvalue weighted by Crippen LogP contribution is 2.52. The third-order valence-corrected chi connectivity index (χ3v) is 5.55. The van der Waals surface area contributed by atoms with E-state index in [1.54, 1.807) is 18.2 Å². The summed E-state index contributed by atoms with van der Waals surface area (Å²) in [5.74, 6) is -0.321. The third-order valence-electron chi connectivity index (χ3n) is 5.31. The summed E-state index contributed by atoms with van der Waals surface area (Å²) in [7, 11) is 0. The molecule has 2 aromatic carbocycles. The van der Waals surface area contributed by atoms with Gasteiger partial charge in [0.2, 0.25) is 0 Å². The lowest BCUT2D eigenvalue weighted by Crippen LogP contribution is -2.58. The number of halogens is 5. The van der Waals surface area contributed by atoms with Gasteiger partial charge in [-0.25, -0.2) is 9.18 Å². The summed E-state index contributed by atoms with van der Waals surface area (Å²) in [6.07, 6.45) is -2.53. The Kier molecular flexibility index (Phi) is 4.53. The lowest BCUT2D eigenvalue weighted by atomic mass is 9.75. The van der Waals surface area contributed by atoms with Crippen molar-refractivity contribution in [1.82, 2.24) is 4.90 Å². The zero-order valence-corrected chi connectivity index (χ0v) is 15.4. The predicted octanol–water partition coefficient (Wildman–Crippen LogP) is 5.93. The molecule has 2 aromatic rings. The zero-order valence-electron chi connectivity index (χ0n) is 14.7. The number of rotatable bonds is 4. The van der Waals surface area contributed by atoms with Crippen molar-refractivity contribution in [3.63, 3.8) is 0 Å². The number of carbonyl (C=O) groups is 1. The van der Waals surface area contributed by atoms with Crippen molar-refractivity contribution >= 4 is 23.3 Å². The molecule has 1 heterocycles. The standard InChI is InChI=1S/C20H17ClF4N2O/c21-14-5-8-17-16(9-14)19(10-12-1-2-12,13-3-6-15(22)7-4-13)27(18(28)26-17)11-20(23,24)25/h3-9,12H,1-2,10-11H2,(H,26,28). The molecule has 0 radical (unpaired) electrons. The molecule has 0 saturated heterocycles. The average molecular weight is 413 g/mol. The van der Waals surface area contributed by atoms with Gasteiger partial charge in [-0.05, 0) is 48.2 Å². The topological polar surface area (TPSA) is 32.3 Å². The van der Waals surface area contributed by atoms with Crippen LogP contribution in [-0.2, 0) is 5.54 Å². The number of anilines is 1. The highest BCUT2D eigenvalue weighted by molar-refractivity contribution is 6.30. The van der Waals surface area contributed by atoms with E-state index < -0.39 is 30.1 Å². The summed E-state index contributed by atoms with van der Waals surface area (Å²) in [5.41, 5.74) is -0.0453. The Morgan fingerprint density at radius 3 is 2.43 bits per heavy atom. The number of nitrogens with one attached hydrogen (secondary N) is 1. The zero-order chi connectivity index (χ0) is 20.1. The molecule has 0 aromatic heterocycles. The maximum atomic E-state index is 13.6. The Balaban J connectivity index is 1.98. The number of hydrogen-bond donors (Lipinski definition) is 1. The van der Waals surface area contributed by atoms with Crippen LogP contribution in [0.1, 0.15) is 30.4 Å². The molecule has 2 amide bonds. The Morgan fingerprint density at radius 1 is 1.14 bits per heavy atom. The minimum absolute atomic E-state index is 0.179. The van der Waals surface area contributed by atoms with E-state index in [-0.39, 0.29) is 5.92 Å². The molecule has 1 fully saturated rings. The lowest BCUT2D eigenvalue weighted by Gasteiger charge is -2.49. The van der Waals surface area contributed by atoms with Crippen LogP contribution in [0.5, 0.6) is 0 Å². The van der Waals surface area contributed by atoms with Gasteiger partial charge < -0.3 is 10.2 Å². The second-order valence-electron chi connectivity index (χ2n) is 7.34. The summed E-state index contributed by atoms with van der Waals surface area (Å²) < 4.78 is 53.9. The van der Waals surface area contributed by atoms with E-state index in [0.717, 1.165) is 17.7 Å². The second-order valence-corrected chi connectivity index (χ2v) is 7.77. The molecule has 1 aliphatic heterocycles. The van der Waals surface area contributed by atoms with E-state index in [0.29, 0.717) is 28.3 Å². The summed E-state index contributed by atoms with van der Waals surface area (Å²) >= 11 is 6.17. The number of alkyl halides is 3. The number of urea groups is 1. The van der Waals surface area contributed by atoms with Crippen molar-refractivity contribution in [3.05, 3.63) is 64.4 Å². The number of fused-ring (bicyclic) bond motifs is 1. The first-order valence-electron chi connectivity index (χ1n) is 8.90. The number of hydrogen-bond acceptors (Lipinski definition) is 1. The first kappa shape index (κ1) is 19.1. The van der Waals surface area contributed by atoms with Crippen molar-refractivity contribution in [2.75, 3.05) is 11.9 Å². The van der Waals surface area contributed by atoms with Gasteiger partial charge in [0.1, 0.15) is 12.4 Å². The molecule has 1 atom stereocenters. The maximum absolute atomic E-state index is 13.6. The minimum atomic E-state index is -4.59. The van der Waals surface area contributed by atoms with E-state index in [9.17, 15) is 22.4 Å². The molecule has 1 aliphatic carbocycles. The fourth-order valence-electron chi connectivity index (χ4n) is 3.97. The van der Waals surface area contributed by atoms with Crippen LogP contribution in [0.3, 0.4) is 0 Å². The molecule has 1 unspecified atom stereocenters. The van der Waals surface area contributed by atoms with E-state index in [1.165, 1.54) is 24.3 Å². The number of carbonyl (C=O) groups excluding carboxylic acids is 1. The molecule has 28 heavy (non-hydrogen) atoms. The molecule has 4 rings (SSSR count). The van der Waals surface area contributed by atoms with Gasteiger partial charge in [0.25, 0.3) is 0 Å². The van der Waals surface area contributed by atoms with Crippen molar-refractivity contribution in [1.29, 1.82) is 0 Å². The van der Waals surface area contributed by atoms with Crippen molar-refractivity contribution in [2.24, 2.45) is 5.92 Å². The Bertz CT molecular complexity index is 911. The van der Waals surface area contributed by atoms with E-state index >= 15 is 0 Å². The van der Waals surface area contributed by atoms with Gasteiger partial charge in [-0.3, -0.25) is 0 Å². The van der Waals surface area contributed by atoms with E-state index in [4.69, 9.17) is 11.6 Å². The number of benzene rings is 2. The van der Waals surface area contributed by atoms with Gasteiger partial charge in [-0.1, -0.05) is 36.6 Å². The molecule has 0 bridgehead atoms. The van der Waals surface area contributed by atoms with Crippen molar-refractivity contribution in [3.8, 4) is 0 Å². The molecule has 3 nitrogen and oxygen atoms in total. The minimum Gasteiger partial charge on any atom is -0.307 e. The molecule has 8 heteroatoms. The van der Waals surface area contributed by atoms with Crippen molar-refractivity contribution < 1.29 is 22.4 Å². The van der Waals surface area contributed by atoms with Gasteiger partial charge in [-0.2, -0.15) is 13.2 Å². The van der Waals surface area contributed by atoms with Gasteiger partial charge in [0.05, 0.1) is 5.54 Å². The molecular weight excluding hydrogens is 396 g/mol. The van der Waals surface area contributed by atoms with Crippen LogP contribution in [-0.4, -0.2) is 23.7 Å². The van der Waals surface area contributed by atoms with Crippen LogP contribution in [0.25, 0.3) is 0 Å². The van der Waals surface area contributed by atoms with Crippen LogP contribution in [0, 0.1) is 11.7 Å². The van der Waals surface area contributed by atoms with Gasteiger partial charge >= 0.3 is 12.2 Å². The Labute approximate surface area is 164 Å².